The van der Waals surface area contributed by atoms with Crippen LogP contribution in [0.2, 0.25) is 0 Å². The summed E-state index contributed by atoms with van der Waals surface area (Å²) in [4.78, 5) is 12.4. The highest BCUT2D eigenvalue weighted by molar-refractivity contribution is 5.97. The molecule has 0 radical (unpaired) electrons. The summed E-state index contributed by atoms with van der Waals surface area (Å²) in [6.07, 6.45) is 2.00. The third-order valence-corrected chi connectivity index (χ3v) is 3.52. The van der Waals surface area contributed by atoms with Gasteiger partial charge >= 0.3 is 0 Å². The van der Waals surface area contributed by atoms with E-state index in [9.17, 15) is 18.8 Å². The SMILES string of the molecule is CCCC(C#N)(CCC)C(=O)Nc1c(F)ccc(C)c1F. The van der Waals surface area contributed by atoms with E-state index < -0.39 is 28.6 Å². The minimum atomic E-state index is -1.24. The van der Waals surface area contributed by atoms with Crippen LogP contribution >= 0.6 is 0 Å². The van der Waals surface area contributed by atoms with Crippen LogP contribution in [0.5, 0.6) is 0 Å². The maximum Gasteiger partial charge on any atom is 0.245 e. The molecule has 5 heteroatoms. The van der Waals surface area contributed by atoms with Crippen LogP contribution in [-0.2, 0) is 4.79 Å². The molecule has 1 N–H and O–H groups in total. The molecule has 21 heavy (non-hydrogen) atoms. The first kappa shape index (κ1) is 17.1. The molecule has 114 valence electrons. The Morgan fingerprint density at radius 2 is 1.86 bits per heavy atom. The summed E-state index contributed by atoms with van der Waals surface area (Å²) in [6.45, 7) is 5.21. The zero-order valence-electron chi connectivity index (χ0n) is 12.6. The van der Waals surface area contributed by atoms with Crippen molar-refractivity contribution in [1.29, 1.82) is 5.26 Å². The Balaban J connectivity index is 3.14. The summed E-state index contributed by atoms with van der Waals surface area (Å²) < 4.78 is 27.7. The fraction of sp³-hybridized carbons (Fsp3) is 0.500. The first-order valence-corrected chi connectivity index (χ1v) is 7.09. The molecule has 0 heterocycles. The Labute approximate surface area is 124 Å². The van der Waals surface area contributed by atoms with E-state index in [0.29, 0.717) is 25.7 Å². The molecule has 0 aliphatic rings. The molecule has 0 bridgehead atoms. The van der Waals surface area contributed by atoms with E-state index in [1.807, 2.05) is 19.9 Å². The molecule has 3 nitrogen and oxygen atoms in total. The number of amides is 1. The average Bonchev–Trinajstić information content (AvgIpc) is 2.47. The standard InChI is InChI=1S/C16H20F2N2O/c1-4-8-16(10-19,9-5-2)15(21)20-14-12(17)7-6-11(3)13(14)18/h6-7H,4-5,8-9H2,1-3H3,(H,20,21). The predicted molar refractivity (Wildman–Crippen MR) is 77.6 cm³/mol. The molecule has 0 saturated carbocycles. The smallest absolute Gasteiger partial charge is 0.245 e. The van der Waals surface area contributed by atoms with E-state index in [2.05, 4.69) is 5.32 Å². The first-order valence-electron chi connectivity index (χ1n) is 7.09. The van der Waals surface area contributed by atoms with Gasteiger partial charge in [-0.15, -0.1) is 0 Å². The van der Waals surface area contributed by atoms with E-state index >= 15 is 0 Å². The van der Waals surface area contributed by atoms with Crippen LogP contribution < -0.4 is 5.32 Å². The maximum absolute atomic E-state index is 13.9. The zero-order valence-corrected chi connectivity index (χ0v) is 12.6. The van der Waals surface area contributed by atoms with Crippen molar-refractivity contribution in [3.63, 3.8) is 0 Å². The van der Waals surface area contributed by atoms with E-state index in [4.69, 9.17) is 0 Å². The summed E-state index contributed by atoms with van der Waals surface area (Å²) >= 11 is 0. The third-order valence-electron chi connectivity index (χ3n) is 3.52. The van der Waals surface area contributed by atoms with Gasteiger partial charge in [0.05, 0.1) is 6.07 Å². The fourth-order valence-electron chi connectivity index (χ4n) is 2.37. The van der Waals surface area contributed by atoms with Crippen molar-refractivity contribution in [2.45, 2.75) is 46.5 Å². The van der Waals surface area contributed by atoms with E-state index in [0.717, 1.165) is 6.07 Å². The second-order valence-corrected chi connectivity index (χ2v) is 5.20. The number of halogens is 2. The van der Waals surface area contributed by atoms with Crippen molar-refractivity contribution in [3.05, 3.63) is 29.3 Å². The average molecular weight is 294 g/mol. The fourth-order valence-corrected chi connectivity index (χ4v) is 2.37. The Morgan fingerprint density at radius 1 is 1.29 bits per heavy atom. The lowest BCUT2D eigenvalue weighted by molar-refractivity contribution is -0.123. The number of rotatable bonds is 6. The molecule has 1 amide bonds. The van der Waals surface area contributed by atoms with Gasteiger partial charge in [-0.3, -0.25) is 4.79 Å². The van der Waals surface area contributed by atoms with Crippen molar-refractivity contribution in [2.24, 2.45) is 5.41 Å². The molecule has 0 fully saturated rings. The molecule has 0 aliphatic heterocycles. The van der Waals surface area contributed by atoms with Crippen molar-refractivity contribution in [2.75, 3.05) is 5.32 Å². The number of carbonyl (C=O) groups excluding carboxylic acids is 1. The van der Waals surface area contributed by atoms with Gasteiger partial charge in [0.1, 0.15) is 16.9 Å². The number of hydrogen-bond donors (Lipinski definition) is 1. The number of benzene rings is 1. The second kappa shape index (κ2) is 7.16. The minimum absolute atomic E-state index is 0.236. The van der Waals surface area contributed by atoms with Gasteiger partial charge in [-0.1, -0.05) is 32.8 Å². The van der Waals surface area contributed by atoms with E-state index in [1.165, 1.54) is 13.0 Å². The van der Waals surface area contributed by atoms with Crippen LogP contribution in [0.25, 0.3) is 0 Å². The predicted octanol–water partition coefficient (Wildman–Crippen LogP) is 4.32. The molecular formula is C16H20F2N2O. The Morgan fingerprint density at radius 3 is 2.33 bits per heavy atom. The van der Waals surface area contributed by atoms with Gasteiger partial charge in [0.15, 0.2) is 5.82 Å². The number of aryl methyl sites for hydroxylation is 1. The molecule has 1 rings (SSSR count). The molecule has 0 spiro atoms. The van der Waals surface area contributed by atoms with Gasteiger partial charge < -0.3 is 5.32 Å². The van der Waals surface area contributed by atoms with E-state index in [1.54, 1.807) is 0 Å². The first-order chi connectivity index (χ1) is 9.91. The van der Waals surface area contributed by atoms with Gasteiger partial charge in [0, 0.05) is 0 Å². The van der Waals surface area contributed by atoms with Gasteiger partial charge in [-0.25, -0.2) is 8.78 Å². The molecule has 0 atom stereocenters. The lowest BCUT2D eigenvalue weighted by Crippen LogP contribution is -2.35. The summed E-state index contributed by atoms with van der Waals surface area (Å²) in [5, 5.41) is 11.7. The van der Waals surface area contributed by atoms with Gasteiger partial charge in [-0.05, 0) is 31.4 Å². The molecule has 1 aromatic rings. The Hall–Kier alpha value is -1.96. The van der Waals surface area contributed by atoms with Gasteiger partial charge in [0.2, 0.25) is 5.91 Å². The molecule has 0 saturated heterocycles. The minimum Gasteiger partial charge on any atom is -0.320 e. The van der Waals surface area contributed by atoms with Crippen LogP contribution in [0.1, 0.15) is 45.1 Å². The van der Waals surface area contributed by atoms with Crippen LogP contribution in [0, 0.1) is 35.3 Å². The van der Waals surface area contributed by atoms with Gasteiger partial charge in [0.25, 0.3) is 0 Å². The summed E-state index contributed by atoms with van der Waals surface area (Å²) in [5.74, 6) is -2.29. The molecule has 1 aromatic carbocycles. The Kier molecular flexibility index (Phi) is 5.83. The monoisotopic (exact) mass is 294 g/mol. The number of nitrogens with one attached hydrogen (secondary N) is 1. The lowest BCUT2D eigenvalue weighted by atomic mass is 9.79. The number of hydrogen-bond acceptors (Lipinski definition) is 2. The highest BCUT2D eigenvalue weighted by atomic mass is 19.1. The number of anilines is 1. The lowest BCUT2D eigenvalue weighted by Gasteiger charge is -2.25. The largest absolute Gasteiger partial charge is 0.320 e. The number of nitriles is 1. The van der Waals surface area contributed by atoms with Crippen LogP contribution in [-0.4, -0.2) is 5.91 Å². The topological polar surface area (TPSA) is 52.9 Å². The van der Waals surface area contributed by atoms with Gasteiger partial charge in [-0.2, -0.15) is 5.26 Å². The summed E-state index contributed by atoms with van der Waals surface area (Å²) in [5.41, 5.74) is -1.49. The normalized spacial score (nSPS) is 11.0. The van der Waals surface area contributed by atoms with Crippen LogP contribution in [0.3, 0.4) is 0 Å². The quantitative estimate of drug-likeness (QED) is 0.849. The molecular weight excluding hydrogens is 274 g/mol. The van der Waals surface area contributed by atoms with Crippen molar-refractivity contribution >= 4 is 11.6 Å². The highest BCUT2D eigenvalue weighted by Crippen LogP contribution is 2.32. The second-order valence-electron chi connectivity index (χ2n) is 5.20. The number of carbonyl (C=O) groups is 1. The van der Waals surface area contributed by atoms with E-state index in [-0.39, 0.29) is 5.56 Å². The highest BCUT2D eigenvalue weighted by Gasteiger charge is 2.37. The third kappa shape index (κ3) is 3.57. The Bertz CT molecular complexity index is 558. The van der Waals surface area contributed by atoms with Crippen molar-refractivity contribution in [1.82, 2.24) is 0 Å². The van der Waals surface area contributed by atoms with Crippen LogP contribution in [0.15, 0.2) is 12.1 Å². The molecule has 0 aromatic heterocycles. The summed E-state index contributed by atoms with van der Waals surface area (Å²) in [7, 11) is 0. The number of nitrogens with zero attached hydrogens (tertiary/aromatic N) is 1. The molecule has 0 aliphatic carbocycles. The van der Waals surface area contributed by atoms with Crippen LogP contribution in [0.4, 0.5) is 14.5 Å². The van der Waals surface area contributed by atoms with Crippen molar-refractivity contribution in [3.8, 4) is 6.07 Å². The maximum atomic E-state index is 13.9. The molecule has 0 unspecified atom stereocenters. The summed E-state index contributed by atoms with van der Waals surface area (Å²) in [6, 6.07) is 4.43. The van der Waals surface area contributed by atoms with Crippen molar-refractivity contribution < 1.29 is 13.6 Å². The zero-order chi connectivity index (χ0) is 16.0.